The second-order valence-electron chi connectivity index (χ2n) is 6.02. The Labute approximate surface area is 134 Å². The molecule has 3 aromatic rings. The Morgan fingerprint density at radius 2 is 1.91 bits per heavy atom. The second-order valence-corrected chi connectivity index (χ2v) is 6.02. The maximum Gasteiger partial charge on any atom is 0.200 e. The predicted octanol–water partition coefficient (Wildman–Crippen LogP) is 3.47. The van der Waals surface area contributed by atoms with Crippen LogP contribution < -0.4 is 15.5 Å². The highest BCUT2D eigenvalue weighted by molar-refractivity contribution is 5.90. The van der Waals surface area contributed by atoms with Gasteiger partial charge < -0.3 is 14.5 Å². The monoisotopic (exact) mass is 309 g/mol. The van der Waals surface area contributed by atoms with Crippen LogP contribution in [-0.4, -0.2) is 19.2 Å². The van der Waals surface area contributed by atoms with Crippen LogP contribution in [0.1, 0.15) is 19.3 Å². The highest BCUT2D eigenvalue weighted by Crippen LogP contribution is 2.23. The van der Waals surface area contributed by atoms with Crippen LogP contribution in [0.3, 0.4) is 0 Å². The molecule has 4 heteroatoms. The summed E-state index contributed by atoms with van der Waals surface area (Å²) in [4.78, 5) is 12.5. The molecule has 4 rings (SSSR count). The van der Waals surface area contributed by atoms with Gasteiger partial charge in [-0.05, 0) is 50.1 Å². The molecule has 0 amide bonds. The van der Waals surface area contributed by atoms with Crippen LogP contribution in [0, 0.1) is 0 Å². The van der Waals surface area contributed by atoms with E-state index in [2.05, 4.69) is 5.32 Å². The molecule has 0 aliphatic heterocycles. The standard InChI is InChI=1S/C19H19NO3/c21-19-15-4-1-2-5-17(15)23-18-12-14(8-9-16(18)19)22-11-3-10-20-13-6-7-13/h1-2,4-5,8-9,12-13,20H,3,6-7,10-11H2. The minimum absolute atomic E-state index is 0.00188. The first-order chi connectivity index (χ1) is 11.3. The number of hydrogen-bond donors (Lipinski definition) is 1. The highest BCUT2D eigenvalue weighted by Gasteiger charge is 2.19. The first-order valence-electron chi connectivity index (χ1n) is 8.13. The number of nitrogens with one attached hydrogen (secondary N) is 1. The number of benzene rings is 2. The molecule has 0 unspecified atom stereocenters. The van der Waals surface area contributed by atoms with E-state index >= 15 is 0 Å². The number of rotatable bonds is 6. The lowest BCUT2D eigenvalue weighted by molar-refractivity contribution is 0.308. The number of para-hydroxylation sites is 1. The molecular formula is C19H19NO3. The predicted molar refractivity (Wildman–Crippen MR) is 91.1 cm³/mol. The van der Waals surface area contributed by atoms with Crippen LogP contribution in [0.4, 0.5) is 0 Å². The molecule has 23 heavy (non-hydrogen) atoms. The maximum absolute atomic E-state index is 12.5. The molecule has 1 aromatic heterocycles. The summed E-state index contributed by atoms with van der Waals surface area (Å²) in [7, 11) is 0. The summed E-state index contributed by atoms with van der Waals surface area (Å²) in [6.45, 7) is 1.64. The summed E-state index contributed by atoms with van der Waals surface area (Å²) in [5.41, 5.74) is 1.18. The summed E-state index contributed by atoms with van der Waals surface area (Å²) in [6.07, 6.45) is 3.58. The Morgan fingerprint density at radius 3 is 2.78 bits per heavy atom. The van der Waals surface area contributed by atoms with Crippen molar-refractivity contribution in [2.45, 2.75) is 25.3 Å². The summed E-state index contributed by atoms with van der Waals surface area (Å²) >= 11 is 0. The molecule has 0 saturated heterocycles. The van der Waals surface area contributed by atoms with E-state index in [1.54, 1.807) is 18.2 Å². The molecule has 4 nitrogen and oxygen atoms in total. The van der Waals surface area contributed by atoms with Crippen molar-refractivity contribution in [1.82, 2.24) is 5.32 Å². The van der Waals surface area contributed by atoms with Crippen molar-refractivity contribution < 1.29 is 9.15 Å². The van der Waals surface area contributed by atoms with Crippen molar-refractivity contribution in [3.05, 3.63) is 52.7 Å². The van der Waals surface area contributed by atoms with Crippen molar-refractivity contribution in [2.24, 2.45) is 0 Å². The van der Waals surface area contributed by atoms with Crippen molar-refractivity contribution >= 4 is 21.9 Å². The Balaban J connectivity index is 1.52. The van der Waals surface area contributed by atoms with Gasteiger partial charge in [0.25, 0.3) is 0 Å². The molecule has 0 bridgehead atoms. The van der Waals surface area contributed by atoms with Gasteiger partial charge in [-0.15, -0.1) is 0 Å². The maximum atomic E-state index is 12.5. The van der Waals surface area contributed by atoms with E-state index in [0.29, 0.717) is 28.5 Å². The molecule has 1 heterocycles. The molecule has 0 spiro atoms. The van der Waals surface area contributed by atoms with Gasteiger partial charge in [0.15, 0.2) is 0 Å². The minimum Gasteiger partial charge on any atom is -0.493 e. The summed E-state index contributed by atoms with van der Waals surface area (Å²) in [6, 6.07) is 13.5. The third-order valence-electron chi connectivity index (χ3n) is 4.15. The highest BCUT2D eigenvalue weighted by atomic mass is 16.5. The van der Waals surface area contributed by atoms with Crippen LogP contribution in [0.15, 0.2) is 51.7 Å². The molecule has 1 saturated carbocycles. The van der Waals surface area contributed by atoms with E-state index in [1.165, 1.54) is 12.8 Å². The van der Waals surface area contributed by atoms with Gasteiger partial charge in [-0.3, -0.25) is 4.79 Å². The fraction of sp³-hybridized carbons (Fsp3) is 0.316. The molecular weight excluding hydrogens is 290 g/mol. The summed E-state index contributed by atoms with van der Waals surface area (Å²) in [5, 5.41) is 4.66. The number of fused-ring (bicyclic) bond motifs is 2. The molecule has 1 aliphatic rings. The van der Waals surface area contributed by atoms with E-state index in [0.717, 1.165) is 24.8 Å². The Bertz CT molecular complexity index is 896. The third kappa shape index (κ3) is 3.08. The van der Waals surface area contributed by atoms with Crippen molar-refractivity contribution in [1.29, 1.82) is 0 Å². The lowest BCUT2D eigenvalue weighted by Crippen LogP contribution is -2.19. The van der Waals surface area contributed by atoms with Gasteiger partial charge in [0.2, 0.25) is 5.43 Å². The van der Waals surface area contributed by atoms with E-state index < -0.39 is 0 Å². The van der Waals surface area contributed by atoms with Crippen LogP contribution in [0.5, 0.6) is 5.75 Å². The van der Waals surface area contributed by atoms with Gasteiger partial charge in [-0.2, -0.15) is 0 Å². The van der Waals surface area contributed by atoms with E-state index in [4.69, 9.17) is 9.15 Å². The van der Waals surface area contributed by atoms with Gasteiger partial charge in [-0.1, -0.05) is 12.1 Å². The lowest BCUT2D eigenvalue weighted by Gasteiger charge is -2.08. The van der Waals surface area contributed by atoms with Crippen molar-refractivity contribution in [2.75, 3.05) is 13.2 Å². The Hall–Kier alpha value is -2.33. The SMILES string of the molecule is O=c1c2ccccc2oc2cc(OCCCNC3CC3)ccc12. The third-order valence-corrected chi connectivity index (χ3v) is 4.15. The smallest absolute Gasteiger partial charge is 0.200 e. The van der Waals surface area contributed by atoms with Gasteiger partial charge in [0, 0.05) is 12.1 Å². The van der Waals surface area contributed by atoms with E-state index in [-0.39, 0.29) is 5.43 Å². The van der Waals surface area contributed by atoms with Crippen LogP contribution in [0.25, 0.3) is 21.9 Å². The zero-order valence-electron chi connectivity index (χ0n) is 12.9. The largest absolute Gasteiger partial charge is 0.493 e. The van der Waals surface area contributed by atoms with Gasteiger partial charge >= 0.3 is 0 Å². The quantitative estimate of drug-likeness (QED) is 0.559. The Morgan fingerprint density at radius 1 is 1.09 bits per heavy atom. The molecule has 2 aromatic carbocycles. The fourth-order valence-corrected chi connectivity index (χ4v) is 2.73. The van der Waals surface area contributed by atoms with Crippen LogP contribution in [0.2, 0.25) is 0 Å². The zero-order chi connectivity index (χ0) is 15.6. The first kappa shape index (κ1) is 14.3. The average molecular weight is 309 g/mol. The molecule has 1 fully saturated rings. The second kappa shape index (κ2) is 6.05. The minimum atomic E-state index is 0.00188. The van der Waals surface area contributed by atoms with Crippen LogP contribution >= 0.6 is 0 Å². The first-order valence-corrected chi connectivity index (χ1v) is 8.13. The normalized spacial score (nSPS) is 14.4. The van der Waals surface area contributed by atoms with E-state index in [1.807, 2.05) is 24.3 Å². The van der Waals surface area contributed by atoms with Crippen molar-refractivity contribution in [3.8, 4) is 5.75 Å². The average Bonchev–Trinajstić information content (AvgIpc) is 3.39. The van der Waals surface area contributed by atoms with Crippen molar-refractivity contribution in [3.63, 3.8) is 0 Å². The summed E-state index contributed by atoms with van der Waals surface area (Å²) < 4.78 is 11.6. The van der Waals surface area contributed by atoms with Gasteiger partial charge in [-0.25, -0.2) is 0 Å². The summed E-state index contributed by atoms with van der Waals surface area (Å²) in [5.74, 6) is 0.738. The molecule has 1 N–H and O–H groups in total. The lowest BCUT2D eigenvalue weighted by atomic mass is 10.1. The molecule has 0 atom stereocenters. The van der Waals surface area contributed by atoms with Gasteiger partial charge in [0.05, 0.1) is 17.4 Å². The van der Waals surface area contributed by atoms with Crippen LogP contribution in [-0.2, 0) is 0 Å². The molecule has 118 valence electrons. The zero-order valence-corrected chi connectivity index (χ0v) is 12.9. The topological polar surface area (TPSA) is 51.5 Å². The fourth-order valence-electron chi connectivity index (χ4n) is 2.73. The Kier molecular flexibility index (Phi) is 3.75. The number of hydrogen-bond acceptors (Lipinski definition) is 4. The van der Waals surface area contributed by atoms with Gasteiger partial charge in [0.1, 0.15) is 16.9 Å². The number of ether oxygens (including phenoxy) is 1. The molecule has 1 aliphatic carbocycles. The molecule has 0 radical (unpaired) electrons. The van der Waals surface area contributed by atoms with E-state index in [9.17, 15) is 4.79 Å².